The molecule has 1 saturated heterocycles. The Morgan fingerprint density at radius 2 is 2.38 bits per heavy atom. The predicted octanol–water partition coefficient (Wildman–Crippen LogP) is 1.25. The predicted molar refractivity (Wildman–Crippen MR) is 51.9 cm³/mol. The Morgan fingerprint density at radius 3 is 3.00 bits per heavy atom. The molecule has 1 aliphatic rings. The first kappa shape index (κ1) is 10.8. The van der Waals surface area contributed by atoms with Crippen LogP contribution in [0.1, 0.15) is 20.3 Å². The van der Waals surface area contributed by atoms with Crippen molar-refractivity contribution in [2.75, 3.05) is 19.7 Å². The van der Waals surface area contributed by atoms with Crippen LogP contribution in [0, 0.1) is 0 Å². The molecule has 1 heterocycles. The molecule has 3 nitrogen and oxygen atoms in total. The van der Waals surface area contributed by atoms with E-state index in [0.29, 0.717) is 6.54 Å². The van der Waals surface area contributed by atoms with Crippen molar-refractivity contribution in [1.29, 1.82) is 0 Å². The molecule has 0 aromatic carbocycles. The van der Waals surface area contributed by atoms with E-state index in [0.717, 1.165) is 19.6 Å². The molecule has 1 aliphatic heterocycles. The van der Waals surface area contributed by atoms with E-state index in [1.165, 1.54) is 0 Å². The first-order valence-electron chi connectivity index (χ1n) is 4.65. The molecule has 0 aromatic heterocycles. The maximum atomic E-state index is 11.5. The lowest BCUT2D eigenvalue weighted by molar-refractivity contribution is -0.131. The van der Waals surface area contributed by atoms with E-state index in [9.17, 15) is 4.79 Å². The molecule has 0 bridgehead atoms. The second-order valence-electron chi connectivity index (χ2n) is 3.44. The Balaban J connectivity index is 2.52. The maximum Gasteiger partial charge on any atom is 0.240 e. The van der Waals surface area contributed by atoms with E-state index in [-0.39, 0.29) is 12.0 Å². The minimum atomic E-state index is -0.426. The number of ether oxygens (including phenoxy) is 1. The Labute approximate surface area is 84.0 Å². The molecular weight excluding hydrogens is 190 g/mol. The van der Waals surface area contributed by atoms with Gasteiger partial charge in [0.05, 0.1) is 6.10 Å². The molecule has 1 rings (SSSR count). The van der Waals surface area contributed by atoms with E-state index in [1.54, 1.807) is 11.8 Å². The number of halogens is 1. The van der Waals surface area contributed by atoms with Crippen LogP contribution in [-0.4, -0.2) is 42.0 Å². The first-order valence-corrected chi connectivity index (χ1v) is 5.09. The van der Waals surface area contributed by atoms with Gasteiger partial charge in [0.15, 0.2) is 0 Å². The van der Waals surface area contributed by atoms with Crippen molar-refractivity contribution in [3.8, 4) is 0 Å². The largest absolute Gasteiger partial charge is 0.377 e. The molecule has 2 atom stereocenters. The first-order chi connectivity index (χ1) is 6.11. The highest BCUT2D eigenvalue weighted by Gasteiger charge is 2.22. The van der Waals surface area contributed by atoms with E-state index in [4.69, 9.17) is 16.3 Å². The van der Waals surface area contributed by atoms with Crippen LogP contribution >= 0.6 is 11.6 Å². The standard InChI is InChI=1S/C9H16ClNO2/c1-7-6-11(4-3-5-13-7)9(12)8(2)10/h7-8H,3-6H2,1-2H3. The van der Waals surface area contributed by atoms with Gasteiger partial charge in [-0.25, -0.2) is 0 Å². The lowest BCUT2D eigenvalue weighted by Crippen LogP contribution is -2.39. The number of amides is 1. The van der Waals surface area contributed by atoms with Gasteiger partial charge in [-0.05, 0) is 20.3 Å². The summed E-state index contributed by atoms with van der Waals surface area (Å²) in [4.78, 5) is 13.3. The van der Waals surface area contributed by atoms with Crippen LogP contribution in [0.15, 0.2) is 0 Å². The second kappa shape index (κ2) is 4.82. The summed E-state index contributed by atoms with van der Waals surface area (Å²) >= 11 is 5.73. The third kappa shape index (κ3) is 3.16. The van der Waals surface area contributed by atoms with Crippen LogP contribution in [0.25, 0.3) is 0 Å². The summed E-state index contributed by atoms with van der Waals surface area (Å²) in [5.74, 6) is 0.0130. The monoisotopic (exact) mass is 205 g/mol. The third-order valence-electron chi connectivity index (χ3n) is 2.10. The van der Waals surface area contributed by atoms with Crippen molar-refractivity contribution in [3.05, 3.63) is 0 Å². The molecule has 76 valence electrons. The van der Waals surface area contributed by atoms with Gasteiger partial charge < -0.3 is 9.64 Å². The summed E-state index contributed by atoms with van der Waals surface area (Å²) in [6.45, 7) is 5.85. The van der Waals surface area contributed by atoms with Crippen molar-refractivity contribution in [3.63, 3.8) is 0 Å². The average Bonchev–Trinajstić information content (AvgIpc) is 2.28. The number of hydrogen-bond acceptors (Lipinski definition) is 2. The van der Waals surface area contributed by atoms with Crippen molar-refractivity contribution >= 4 is 17.5 Å². The number of carbonyl (C=O) groups is 1. The lowest BCUT2D eigenvalue weighted by atomic mass is 10.3. The molecule has 1 fully saturated rings. The summed E-state index contributed by atoms with van der Waals surface area (Å²) < 4.78 is 5.43. The molecule has 0 aliphatic carbocycles. The van der Waals surface area contributed by atoms with Gasteiger partial charge in [-0.3, -0.25) is 4.79 Å². The summed E-state index contributed by atoms with van der Waals surface area (Å²) in [5, 5.41) is -0.426. The molecular formula is C9H16ClNO2. The molecule has 0 saturated carbocycles. The van der Waals surface area contributed by atoms with Crippen LogP contribution in [-0.2, 0) is 9.53 Å². The van der Waals surface area contributed by atoms with Crippen LogP contribution in [0.4, 0.5) is 0 Å². The SMILES string of the molecule is CC1CN(C(=O)C(C)Cl)CCCO1. The highest BCUT2D eigenvalue weighted by atomic mass is 35.5. The summed E-state index contributed by atoms with van der Waals surface area (Å²) in [7, 11) is 0. The van der Waals surface area contributed by atoms with Crippen LogP contribution in [0.3, 0.4) is 0 Å². The average molecular weight is 206 g/mol. The Morgan fingerprint density at radius 1 is 1.69 bits per heavy atom. The van der Waals surface area contributed by atoms with Gasteiger partial charge in [0.2, 0.25) is 5.91 Å². The minimum Gasteiger partial charge on any atom is -0.377 e. The van der Waals surface area contributed by atoms with Gasteiger partial charge in [0.1, 0.15) is 5.38 Å². The lowest BCUT2D eigenvalue weighted by Gasteiger charge is -2.23. The zero-order valence-corrected chi connectivity index (χ0v) is 8.88. The highest BCUT2D eigenvalue weighted by Crippen LogP contribution is 2.09. The number of alkyl halides is 1. The van der Waals surface area contributed by atoms with E-state index in [2.05, 4.69) is 0 Å². The maximum absolute atomic E-state index is 11.5. The fourth-order valence-electron chi connectivity index (χ4n) is 1.45. The molecule has 2 unspecified atom stereocenters. The minimum absolute atomic E-state index is 0.0130. The fourth-order valence-corrected chi connectivity index (χ4v) is 1.58. The van der Waals surface area contributed by atoms with Gasteiger partial charge in [0.25, 0.3) is 0 Å². The highest BCUT2D eigenvalue weighted by molar-refractivity contribution is 6.30. The number of rotatable bonds is 1. The van der Waals surface area contributed by atoms with E-state index >= 15 is 0 Å². The summed E-state index contributed by atoms with van der Waals surface area (Å²) in [6, 6.07) is 0. The van der Waals surface area contributed by atoms with Crippen LogP contribution < -0.4 is 0 Å². The zero-order valence-electron chi connectivity index (χ0n) is 8.12. The van der Waals surface area contributed by atoms with E-state index in [1.807, 2.05) is 6.92 Å². The quantitative estimate of drug-likeness (QED) is 0.603. The topological polar surface area (TPSA) is 29.5 Å². The molecule has 1 amide bonds. The van der Waals surface area contributed by atoms with Gasteiger partial charge in [0, 0.05) is 19.7 Å². The fraction of sp³-hybridized carbons (Fsp3) is 0.889. The van der Waals surface area contributed by atoms with Gasteiger partial charge in [-0.1, -0.05) is 0 Å². The molecule has 13 heavy (non-hydrogen) atoms. The molecule has 0 spiro atoms. The molecule has 4 heteroatoms. The smallest absolute Gasteiger partial charge is 0.240 e. The van der Waals surface area contributed by atoms with Crippen LogP contribution in [0.5, 0.6) is 0 Å². The zero-order chi connectivity index (χ0) is 9.84. The third-order valence-corrected chi connectivity index (χ3v) is 2.29. The van der Waals surface area contributed by atoms with Crippen molar-refractivity contribution < 1.29 is 9.53 Å². The van der Waals surface area contributed by atoms with Crippen LogP contribution in [0.2, 0.25) is 0 Å². The molecule has 0 radical (unpaired) electrons. The molecule has 0 N–H and O–H groups in total. The van der Waals surface area contributed by atoms with Gasteiger partial charge in [-0.2, -0.15) is 0 Å². The Kier molecular flexibility index (Phi) is 4.00. The van der Waals surface area contributed by atoms with Crippen molar-refractivity contribution in [1.82, 2.24) is 4.90 Å². The number of nitrogens with zero attached hydrogens (tertiary/aromatic N) is 1. The van der Waals surface area contributed by atoms with Gasteiger partial charge >= 0.3 is 0 Å². The van der Waals surface area contributed by atoms with Gasteiger partial charge in [-0.15, -0.1) is 11.6 Å². The normalized spacial score (nSPS) is 26.7. The number of hydrogen-bond donors (Lipinski definition) is 0. The Hall–Kier alpha value is -0.280. The molecule has 0 aromatic rings. The summed E-state index contributed by atoms with van der Waals surface area (Å²) in [5.41, 5.74) is 0. The Bertz CT molecular complexity index is 184. The van der Waals surface area contributed by atoms with Crippen molar-refractivity contribution in [2.45, 2.75) is 31.7 Å². The second-order valence-corrected chi connectivity index (χ2v) is 4.09. The summed E-state index contributed by atoms with van der Waals surface area (Å²) in [6.07, 6.45) is 1.03. The van der Waals surface area contributed by atoms with Crippen molar-refractivity contribution in [2.24, 2.45) is 0 Å². The van der Waals surface area contributed by atoms with E-state index < -0.39 is 5.38 Å². The number of carbonyl (C=O) groups excluding carboxylic acids is 1.